The van der Waals surface area contributed by atoms with E-state index in [9.17, 15) is 0 Å². The number of hydrogen-bond acceptors (Lipinski definition) is 3. The van der Waals surface area contributed by atoms with Gasteiger partial charge in [0.1, 0.15) is 11.5 Å². The first-order valence-corrected chi connectivity index (χ1v) is 10.3. The number of likely N-dealkylation sites (N-methyl/N-ethyl adjacent to an activating group) is 1. The van der Waals surface area contributed by atoms with Crippen molar-refractivity contribution in [3.63, 3.8) is 0 Å². The molecule has 0 amide bonds. The summed E-state index contributed by atoms with van der Waals surface area (Å²) in [5.74, 6) is 1.70. The maximum absolute atomic E-state index is 6.11. The number of rotatable bonds is 8. The molecule has 0 aromatic heterocycles. The first-order chi connectivity index (χ1) is 14.5. The Morgan fingerprint density at radius 3 is 1.60 bits per heavy atom. The van der Waals surface area contributed by atoms with E-state index in [2.05, 4.69) is 55.4 Å². The number of nitrogens with zero attached hydrogens (tertiary/aromatic N) is 1. The average molecular weight is 422 g/mol. The molecular formula is C26H28ClNO2. The zero-order chi connectivity index (χ0) is 21.5. The van der Waals surface area contributed by atoms with Crippen LogP contribution in [0.3, 0.4) is 0 Å². The van der Waals surface area contributed by atoms with Crippen molar-refractivity contribution in [2.24, 2.45) is 0 Å². The minimum atomic E-state index is 0.748. The van der Waals surface area contributed by atoms with Crippen molar-refractivity contribution in [3.05, 3.63) is 94.5 Å². The lowest BCUT2D eigenvalue weighted by atomic mass is 9.89. The van der Waals surface area contributed by atoms with Crippen LogP contribution < -0.4 is 9.47 Å². The van der Waals surface area contributed by atoms with Crippen molar-refractivity contribution in [1.29, 1.82) is 0 Å². The van der Waals surface area contributed by atoms with Gasteiger partial charge >= 0.3 is 0 Å². The highest BCUT2D eigenvalue weighted by Crippen LogP contribution is 2.32. The molecule has 0 fully saturated rings. The number of ether oxygens (including phenoxy) is 2. The number of methoxy groups -OCH3 is 2. The lowest BCUT2D eigenvalue weighted by molar-refractivity contribution is 0.414. The van der Waals surface area contributed by atoms with Crippen molar-refractivity contribution >= 4 is 22.7 Å². The standard InChI is InChI=1S/C26H28ClNO2/c1-28(2)18-26(21-9-15-24(30-4)16-10-21)25(17-19-5-11-22(27)12-6-19)20-7-13-23(29-3)14-8-20/h5-16H,17-18H2,1-4H3/b26-25-. The fourth-order valence-electron chi connectivity index (χ4n) is 3.45. The summed E-state index contributed by atoms with van der Waals surface area (Å²) in [4.78, 5) is 2.20. The van der Waals surface area contributed by atoms with Gasteiger partial charge in [-0.3, -0.25) is 0 Å². The van der Waals surface area contributed by atoms with Crippen LogP contribution in [0.4, 0.5) is 0 Å². The number of allylic oxidation sites excluding steroid dienone is 1. The van der Waals surface area contributed by atoms with Crippen LogP contribution in [-0.2, 0) is 6.42 Å². The molecule has 156 valence electrons. The molecular weight excluding hydrogens is 394 g/mol. The van der Waals surface area contributed by atoms with E-state index in [-0.39, 0.29) is 0 Å². The molecule has 0 atom stereocenters. The van der Waals surface area contributed by atoms with E-state index in [1.807, 2.05) is 36.4 Å². The molecule has 3 rings (SSSR count). The molecule has 0 bridgehead atoms. The molecule has 0 saturated carbocycles. The first-order valence-electron chi connectivity index (χ1n) is 9.90. The molecule has 0 radical (unpaired) electrons. The zero-order valence-corrected chi connectivity index (χ0v) is 18.7. The van der Waals surface area contributed by atoms with E-state index >= 15 is 0 Å². The molecule has 0 aliphatic rings. The Labute approximate surface area is 184 Å². The Morgan fingerprint density at radius 2 is 1.17 bits per heavy atom. The summed E-state index contributed by atoms with van der Waals surface area (Å²) >= 11 is 6.11. The van der Waals surface area contributed by atoms with Gasteiger partial charge in [-0.05, 0) is 84.8 Å². The smallest absolute Gasteiger partial charge is 0.118 e. The topological polar surface area (TPSA) is 21.7 Å². The van der Waals surface area contributed by atoms with Gasteiger partial charge in [-0.25, -0.2) is 0 Å². The highest BCUT2D eigenvalue weighted by atomic mass is 35.5. The predicted octanol–water partition coefficient (Wildman–Crippen LogP) is 6.07. The summed E-state index contributed by atoms with van der Waals surface area (Å²) < 4.78 is 10.7. The van der Waals surface area contributed by atoms with Crippen molar-refractivity contribution in [3.8, 4) is 11.5 Å². The van der Waals surface area contributed by atoms with Crippen molar-refractivity contribution in [1.82, 2.24) is 4.90 Å². The predicted molar refractivity (Wildman–Crippen MR) is 127 cm³/mol. The summed E-state index contributed by atoms with van der Waals surface area (Å²) in [6.07, 6.45) is 0.804. The van der Waals surface area contributed by atoms with Crippen LogP contribution >= 0.6 is 11.6 Å². The van der Waals surface area contributed by atoms with E-state index in [1.165, 1.54) is 27.8 Å². The van der Waals surface area contributed by atoms with Crippen LogP contribution in [0.2, 0.25) is 5.02 Å². The van der Waals surface area contributed by atoms with Gasteiger partial charge in [-0.2, -0.15) is 0 Å². The van der Waals surface area contributed by atoms with Gasteiger partial charge in [0.05, 0.1) is 14.2 Å². The fraction of sp³-hybridized carbons (Fsp3) is 0.231. The van der Waals surface area contributed by atoms with Crippen LogP contribution in [0.1, 0.15) is 16.7 Å². The van der Waals surface area contributed by atoms with Crippen LogP contribution in [0, 0.1) is 0 Å². The molecule has 0 heterocycles. The van der Waals surface area contributed by atoms with Gasteiger partial charge in [-0.15, -0.1) is 0 Å². The Bertz CT molecular complexity index is 975. The highest BCUT2D eigenvalue weighted by Gasteiger charge is 2.14. The van der Waals surface area contributed by atoms with E-state index in [4.69, 9.17) is 21.1 Å². The molecule has 0 unspecified atom stereocenters. The molecule has 3 aromatic carbocycles. The molecule has 0 aliphatic carbocycles. The van der Waals surface area contributed by atoms with Gasteiger partial charge in [0.25, 0.3) is 0 Å². The van der Waals surface area contributed by atoms with Crippen LogP contribution in [0.5, 0.6) is 11.5 Å². The Morgan fingerprint density at radius 1 is 0.700 bits per heavy atom. The second-order valence-corrected chi connectivity index (χ2v) is 7.89. The van der Waals surface area contributed by atoms with E-state index in [0.29, 0.717) is 0 Å². The van der Waals surface area contributed by atoms with Crippen LogP contribution in [0.15, 0.2) is 72.8 Å². The van der Waals surface area contributed by atoms with Crippen molar-refractivity contribution < 1.29 is 9.47 Å². The molecule has 4 heteroatoms. The lowest BCUT2D eigenvalue weighted by Gasteiger charge is -2.21. The first kappa shape index (κ1) is 21.9. The Hall–Kier alpha value is -2.75. The fourth-order valence-corrected chi connectivity index (χ4v) is 3.58. The third kappa shape index (κ3) is 5.65. The number of hydrogen-bond donors (Lipinski definition) is 0. The zero-order valence-electron chi connectivity index (χ0n) is 18.0. The van der Waals surface area contributed by atoms with Crippen LogP contribution in [-0.4, -0.2) is 39.8 Å². The maximum atomic E-state index is 6.11. The van der Waals surface area contributed by atoms with Crippen molar-refractivity contribution in [2.75, 3.05) is 34.9 Å². The van der Waals surface area contributed by atoms with Crippen molar-refractivity contribution in [2.45, 2.75) is 6.42 Å². The minimum absolute atomic E-state index is 0.748. The number of halogens is 1. The average Bonchev–Trinajstić information content (AvgIpc) is 2.77. The van der Waals surface area contributed by atoms with Gasteiger partial charge < -0.3 is 14.4 Å². The summed E-state index contributed by atoms with van der Waals surface area (Å²) in [6.45, 7) is 0.821. The van der Waals surface area contributed by atoms with E-state index in [1.54, 1.807) is 14.2 Å². The normalized spacial score (nSPS) is 11.9. The van der Waals surface area contributed by atoms with E-state index in [0.717, 1.165) is 29.5 Å². The highest BCUT2D eigenvalue weighted by molar-refractivity contribution is 6.30. The second kappa shape index (κ2) is 10.3. The molecule has 3 aromatic rings. The summed E-state index contributed by atoms with van der Waals surface area (Å²) in [5, 5.41) is 0.748. The van der Waals surface area contributed by atoms with Gasteiger partial charge in [0.2, 0.25) is 0 Å². The Balaban J connectivity index is 2.15. The summed E-state index contributed by atoms with van der Waals surface area (Å²) in [7, 11) is 7.57. The monoisotopic (exact) mass is 421 g/mol. The molecule has 3 nitrogen and oxygen atoms in total. The molecule has 0 spiro atoms. The molecule has 0 aliphatic heterocycles. The van der Waals surface area contributed by atoms with Crippen LogP contribution in [0.25, 0.3) is 11.1 Å². The third-order valence-corrected chi connectivity index (χ3v) is 5.26. The van der Waals surface area contributed by atoms with E-state index < -0.39 is 0 Å². The van der Waals surface area contributed by atoms with Gasteiger partial charge in [0.15, 0.2) is 0 Å². The largest absolute Gasteiger partial charge is 0.497 e. The lowest BCUT2D eigenvalue weighted by Crippen LogP contribution is -2.16. The minimum Gasteiger partial charge on any atom is -0.497 e. The van der Waals surface area contributed by atoms with Gasteiger partial charge in [0, 0.05) is 11.6 Å². The summed E-state index contributed by atoms with van der Waals surface area (Å²) in [5.41, 5.74) is 6.14. The summed E-state index contributed by atoms with van der Waals surface area (Å²) in [6, 6.07) is 24.6. The molecule has 0 N–H and O–H groups in total. The third-order valence-electron chi connectivity index (χ3n) is 5.01. The van der Waals surface area contributed by atoms with Gasteiger partial charge in [-0.1, -0.05) is 48.0 Å². The molecule has 0 saturated heterocycles. The SMILES string of the molecule is COc1ccc(/C(Cc2ccc(Cl)cc2)=C(/CN(C)C)c2ccc(OC)cc2)cc1. The Kier molecular flexibility index (Phi) is 7.56. The second-order valence-electron chi connectivity index (χ2n) is 7.46. The number of benzene rings is 3. The quantitative estimate of drug-likeness (QED) is 0.412. The molecule has 30 heavy (non-hydrogen) atoms. The maximum Gasteiger partial charge on any atom is 0.118 e.